The fraction of sp³-hybridized carbons (Fsp3) is 0.333. The molecule has 0 bridgehead atoms. The molecule has 2 N–H and O–H groups in total. The van der Waals surface area contributed by atoms with Crippen LogP contribution in [0.5, 0.6) is 5.75 Å². The molecule has 30 heavy (non-hydrogen) atoms. The number of nitrogens with one attached hydrogen (secondary N) is 1. The van der Waals surface area contributed by atoms with Crippen molar-refractivity contribution in [1.29, 1.82) is 0 Å². The number of amides is 1. The lowest BCUT2D eigenvalue weighted by atomic mass is 10.1. The monoisotopic (exact) mass is 422 g/mol. The third-order valence-electron chi connectivity index (χ3n) is 5.10. The molecular formula is C24H26N2O3S. The first-order valence-electron chi connectivity index (χ1n) is 10.2. The predicted octanol–water partition coefficient (Wildman–Crippen LogP) is 4.28. The minimum atomic E-state index is -0.647. The molecule has 0 saturated heterocycles. The Bertz CT molecular complexity index is 1050. The average Bonchev–Trinajstić information content (AvgIpc) is 3.55. The summed E-state index contributed by atoms with van der Waals surface area (Å²) >= 11 is 1.43. The van der Waals surface area contributed by atoms with Crippen LogP contribution in [0, 0.1) is 13.8 Å². The van der Waals surface area contributed by atoms with E-state index in [1.54, 1.807) is 0 Å². The lowest BCUT2D eigenvalue weighted by Gasteiger charge is -2.15. The van der Waals surface area contributed by atoms with Gasteiger partial charge in [0.2, 0.25) is 0 Å². The zero-order valence-electron chi connectivity index (χ0n) is 17.2. The first-order chi connectivity index (χ1) is 14.5. The number of pyridine rings is 1. The number of aliphatic hydroxyl groups is 1. The van der Waals surface area contributed by atoms with Gasteiger partial charge in [-0.3, -0.25) is 4.79 Å². The van der Waals surface area contributed by atoms with Crippen LogP contribution in [-0.4, -0.2) is 40.5 Å². The molecule has 1 unspecified atom stereocenters. The number of thioether (sulfide) groups is 1. The van der Waals surface area contributed by atoms with Gasteiger partial charge in [-0.05, 0) is 49.9 Å². The van der Waals surface area contributed by atoms with Gasteiger partial charge in [0.15, 0.2) is 0 Å². The topological polar surface area (TPSA) is 71.5 Å². The number of aliphatic hydroxyl groups excluding tert-OH is 1. The van der Waals surface area contributed by atoms with Crippen molar-refractivity contribution in [2.24, 2.45) is 0 Å². The van der Waals surface area contributed by atoms with E-state index in [1.807, 2.05) is 62.4 Å². The first-order valence-corrected chi connectivity index (χ1v) is 11.2. The van der Waals surface area contributed by atoms with Gasteiger partial charge >= 0.3 is 0 Å². The molecule has 1 aromatic heterocycles. The standard InChI is InChI=1S/C24H26N2O3S/c1-15-6-5-7-16(2)23(15)29-13-18(27)14-30-22-12-20(24(28)25-17-10-11-17)19-8-3-4-9-21(19)26-22/h3-9,12,17-18,27H,10-11,13-14H2,1-2H3,(H,25,28). The third kappa shape index (κ3) is 4.94. The molecule has 1 aliphatic carbocycles. The number of aromatic nitrogens is 1. The van der Waals surface area contributed by atoms with Gasteiger partial charge in [-0.1, -0.05) is 36.4 Å². The van der Waals surface area contributed by atoms with Crippen molar-refractivity contribution in [3.05, 3.63) is 65.2 Å². The van der Waals surface area contributed by atoms with Gasteiger partial charge in [-0.15, -0.1) is 11.8 Å². The summed E-state index contributed by atoms with van der Waals surface area (Å²) in [6, 6.07) is 15.8. The molecule has 5 nitrogen and oxygen atoms in total. The van der Waals surface area contributed by atoms with Crippen LogP contribution in [0.3, 0.4) is 0 Å². The molecule has 1 heterocycles. The Morgan fingerprint density at radius 2 is 1.93 bits per heavy atom. The zero-order chi connectivity index (χ0) is 21.1. The summed E-state index contributed by atoms with van der Waals surface area (Å²) in [6.07, 6.45) is 1.44. The molecule has 0 spiro atoms. The van der Waals surface area contributed by atoms with Crippen LogP contribution in [0.1, 0.15) is 34.3 Å². The van der Waals surface area contributed by atoms with Crippen molar-refractivity contribution in [3.8, 4) is 5.75 Å². The van der Waals surface area contributed by atoms with Crippen LogP contribution in [0.15, 0.2) is 53.6 Å². The largest absolute Gasteiger partial charge is 0.490 e. The Labute approximate surface area is 180 Å². The highest BCUT2D eigenvalue weighted by molar-refractivity contribution is 7.99. The molecule has 6 heteroatoms. The van der Waals surface area contributed by atoms with E-state index < -0.39 is 6.10 Å². The molecule has 1 saturated carbocycles. The Hall–Kier alpha value is -2.57. The number of para-hydroxylation sites is 2. The minimum Gasteiger partial charge on any atom is -0.490 e. The maximum Gasteiger partial charge on any atom is 0.252 e. The molecule has 1 atom stereocenters. The van der Waals surface area contributed by atoms with E-state index in [0.29, 0.717) is 17.4 Å². The van der Waals surface area contributed by atoms with Crippen LogP contribution in [0.25, 0.3) is 10.9 Å². The van der Waals surface area contributed by atoms with Gasteiger partial charge < -0.3 is 15.2 Å². The second-order valence-electron chi connectivity index (χ2n) is 7.77. The van der Waals surface area contributed by atoms with E-state index in [1.165, 1.54) is 11.8 Å². The molecule has 156 valence electrons. The summed E-state index contributed by atoms with van der Waals surface area (Å²) < 4.78 is 5.85. The van der Waals surface area contributed by atoms with Crippen LogP contribution in [-0.2, 0) is 0 Å². The summed E-state index contributed by atoms with van der Waals surface area (Å²) in [5, 5.41) is 15.0. The molecule has 3 aromatic rings. The van der Waals surface area contributed by atoms with Crippen LogP contribution < -0.4 is 10.1 Å². The Balaban J connectivity index is 1.43. The van der Waals surface area contributed by atoms with Crippen molar-refractivity contribution >= 4 is 28.6 Å². The number of hydrogen-bond donors (Lipinski definition) is 2. The number of benzene rings is 2. The summed E-state index contributed by atoms with van der Waals surface area (Å²) in [4.78, 5) is 17.4. The van der Waals surface area contributed by atoms with E-state index in [9.17, 15) is 9.90 Å². The van der Waals surface area contributed by atoms with E-state index >= 15 is 0 Å². The second-order valence-corrected chi connectivity index (χ2v) is 8.81. The number of hydrogen-bond acceptors (Lipinski definition) is 5. The normalized spacial score (nSPS) is 14.5. The lowest BCUT2D eigenvalue weighted by molar-refractivity contribution is 0.0952. The maximum atomic E-state index is 12.7. The number of carbonyl (C=O) groups is 1. The highest BCUT2D eigenvalue weighted by Gasteiger charge is 2.25. The predicted molar refractivity (Wildman–Crippen MR) is 120 cm³/mol. The molecule has 4 rings (SSSR count). The maximum absolute atomic E-state index is 12.7. The highest BCUT2D eigenvalue weighted by atomic mass is 32.2. The molecule has 2 aromatic carbocycles. The van der Waals surface area contributed by atoms with Gasteiger partial charge in [-0.2, -0.15) is 0 Å². The Morgan fingerprint density at radius 3 is 2.67 bits per heavy atom. The van der Waals surface area contributed by atoms with Crippen molar-refractivity contribution in [3.63, 3.8) is 0 Å². The molecule has 1 fully saturated rings. The average molecular weight is 423 g/mol. The minimum absolute atomic E-state index is 0.0585. The zero-order valence-corrected chi connectivity index (χ0v) is 18.0. The van der Waals surface area contributed by atoms with Gasteiger partial charge in [0.1, 0.15) is 12.4 Å². The van der Waals surface area contributed by atoms with Gasteiger partial charge in [0.25, 0.3) is 5.91 Å². The molecule has 0 aliphatic heterocycles. The van der Waals surface area contributed by atoms with Crippen LogP contribution >= 0.6 is 11.8 Å². The van der Waals surface area contributed by atoms with Crippen molar-refractivity contribution in [2.45, 2.75) is 43.9 Å². The van der Waals surface area contributed by atoms with E-state index in [4.69, 9.17) is 4.74 Å². The smallest absolute Gasteiger partial charge is 0.252 e. The second kappa shape index (κ2) is 9.06. The van der Waals surface area contributed by atoms with E-state index in [-0.39, 0.29) is 12.5 Å². The molecule has 1 aliphatic rings. The summed E-state index contributed by atoms with van der Waals surface area (Å²) in [6.45, 7) is 4.20. The van der Waals surface area contributed by atoms with Crippen LogP contribution in [0.4, 0.5) is 0 Å². The lowest BCUT2D eigenvalue weighted by Crippen LogP contribution is -2.25. The number of carbonyl (C=O) groups excluding carboxylic acids is 1. The summed E-state index contributed by atoms with van der Waals surface area (Å²) in [7, 11) is 0. The number of ether oxygens (including phenoxy) is 1. The van der Waals surface area contributed by atoms with Gasteiger partial charge in [0, 0.05) is 17.2 Å². The van der Waals surface area contributed by atoms with Crippen LogP contribution in [0.2, 0.25) is 0 Å². The first kappa shape index (κ1) is 20.7. The van der Waals surface area contributed by atoms with Crippen molar-refractivity contribution < 1.29 is 14.6 Å². The molecule has 1 amide bonds. The van der Waals surface area contributed by atoms with Gasteiger partial charge in [0.05, 0.1) is 22.2 Å². The van der Waals surface area contributed by atoms with Gasteiger partial charge in [-0.25, -0.2) is 4.98 Å². The van der Waals surface area contributed by atoms with E-state index in [2.05, 4.69) is 10.3 Å². The SMILES string of the molecule is Cc1cccc(C)c1OCC(O)CSc1cc(C(=O)NC2CC2)c2ccccc2n1. The Kier molecular flexibility index (Phi) is 6.25. The number of nitrogens with zero attached hydrogens (tertiary/aromatic N) is 1. The number of fused-ring (bicyclic) bond motifs is 1. The third-order valence-corrected chi connectivity index (χ3v) is 6.16. The summed E-state index contributed by atoms with van der Waals surface area (Å²) in [5.41, 5.74) is 3.52. The van der Waals surface area contributed by atoms with Crippen molar-refractivity contribution in [1.82, 2.24) is 10.3 Å². The fourth-order valence-electron chi connectivity index (χ4n) is 3.34. The quantitative estimate of drug-likeness (QED) is 0.530. The molecule has 0 radical (unpaired) electrons. The Morgan fingerprint density at radius 1 is 1.20 bits per heavy atom. The fourth-order valence-corrected chi connectivity index (χ4v) is 4.16. The molecular weight excluding hydrogens is 396 g/mol. The summed E-state index contributed by atoms with van der Waals surface area (Å²) in [5.74, 6) is 1.20. The van der Waals surface area contributed by atoms with E-state index in [0.717, 1.165) is 45.6 Å². The number of rotatable bonds is 8. The highest BCUT2D eigenvalue weighted by Crippen LogP contribution is 2.27. The van der Waals surface area contributed by atoms with Crippen molar-refractivity contribution in [2.75, 3.05) is 12.4 Å². The number of aryl methyl sites for hydroxylation is 2.